The zero-order valence-electron chi connectivity index (χ0n) is 21.6. The Kier molecular flexibility index (Phi) is 8.19. The number of carbonyl (C=O) groups excluding carboxylic acids is 1. The van der Waals surface area contributed by atoms with Crippen LogP contribution < -0.4 is 20.1 Å². The number of hydrogen-bond acceptors (Lipinski definition) is 9. The molecule has 3 aromatic rings. The van der Waals surface area contributed by atoms with Gasteiger partial charge in [0.1, 0.15) is 12.4 Å². The molecule has 0 aliphatic carbocycles. The van der Waals surface area contributed by atoms with Crippen molar-refractivity contribution in [1.82, 2.24) is 25.1 Å². The summed E-state index contributed by atoms with van der Waals surface area (Å²) in [6.07, 6.45) is -6.09. The molecule has 0 radical (unpaired) electrons. The number of nitrogens with one attached hydrogen (secondary N) is 1. The van der Waals surface area contributed by atoms with Crippen LogP contribution >= 0.6 is 0 Å². The summed E-state index contributed by atoms with van der Waals surface area (Å²) < 4.78 is 74.5. The van der Waals surface area contributed by atoms with Crippen LogP contribution in [0.5, 0.6) is 5.75 Å². The molecule has 2 aliphatic heterocycles. The molecule has 1 unspecified atom stereocenters. The number of ether oxygens (including phenoxy) is 2. The molecule has 5 rings (SSSR count). The summed E-state index contributed by atoms with van der Waals surface area (Å²) in [5.41, 5.74) is -1.37. The SMILES string of the molecule is O=C(CC1CN(c2n[nH]c(=O)c3ccc(OCC(F)F)cc23)CCO1)N1CCN(c2ncc(C(F)(F)F)cn2)CC1. The van der Waals surface area contributed by atoms with Crippen LogP contribution in [-0.4, -0.2) is 96.0 Å². The molecule has 1 aromatic carbocycles. The highest BCUT2D eigenvalue weighted by Gasteiger charge is 2.32. The first-order chi connectivity index (χ1) is 19.6. The highest BCUT2D eigenvalue weighted by molar-refractivity contribution is 5.92. The van der Waals surface area contributed by atoms with Crippen molar-refractivity contribution in [1.29, 1.82) is 0 Å². The standard InChI is InChI=1S/C25H26F5N7O4/c26-20(27)14-41-16-1-2-18-19(9-16)22(33-34-23(18)39)37-7-8-40-17(13-37)10-21(38)35-3-5-36(6-4-35)24-31-11-15(12-32-24)25(28,29)30/h1-2,9,11-12,17,20H,3-8,10,13-14H2,(H,34,39). The summed E-state index contributed by atoms with van der Waals surface area (Å²) in [6.45, 7) is 1.62. The van der Waals surface area contributed by atoms with E-state index in [1.807, 2.05) is 4.90 Å². The Labute approximate surface area is 229 Å². The van der Waals surface area contributed by atoms with E-state index in [4.69, 9.17) is 9.47 Å². The Morgan fingerprint density at radius 1 is 1.07 bits per heavy atom. The number of amides is 1. The molecular weight excluding hydrogens is 557 g/mol. The third-order valence-electron chi connectivity index (χ3n) is 6.84. The minimum Gasteiger partial charge on any atom is -0.488 e. The van der Waals surface area contributed by atoms with E-state index in [1.54, 1.807) is 9.80 Å². The molecule has 16 heteroatoms. The van der Waals surface area contributed by atoms with Gasteiger partial charge in [-0.05, 0) is 18.2 Å². The van der Waals surface area contributed by atoms with Crippen LogP contribution in [0.15, 0.2) is 35.4 Å². The third kappa shape index (κ3) is 6.64. The molecular formula is C25H26F5N7O4. The van der Waals surface area contributed by atoms with Crippen LogP contribution in [-0.2, 0) is 15.7 Å². The second kappa shape index (κ2) is 11.8. The highest BCUT2D eigenvalue weighted by atomic mass is 19.4. The highest BCUT2D eigenvalue weighted by Crippen LogP contribution is 2.29. The van der Waals surface area contributed by atoms with Crippen LogP contribution in [0.4, 0.5) is 33.7 Å². The van der Waals surface area contributed by atoms with Crippen molar-refractivity contribution in [3.05, 3.63) is 46.5 Å². The van der Waals surface area contributed by atoms with Crippen molar-refractivity contribution in [3.63, 3.8) is 0 Å². The lowest BCUT2D eigenvalue weighted by molar-refractivity contribution is -0.138. The topological polar surface area (TPSA) is 117 Å². The third-order valence-corrected chi connectivity index (χ3v) is 6.84. The first-order valence-electron chi connectivity index (χ1n) is 12.8. The monoisotopic (exact) mass is 583 g/mol. The number of morpholine rings is 1. The van der Waals surface area contributed by atoms with Gasteiger partial charge >= 0.3 is 6.18 Å². The molecule has 41 heavy (non-hydrogen) atoms. The molecule has 11 nitrogen and oxygen atoms in total. The van der Waals surface area contributed by atoms with Gasteiger partial charge in [-0.2, -0.15) is 18.3 Å². The number of piperazine rings is 1. The minimum absolute atomic E-state index is 0.0807. The molecule has 2 fully saturated rings. The van der Waals surface area contributed by atoms with Gasteiger partial charge in [0.15, 0.2) is 5.82 Å². The molecule has 220 valence electrons. The van der Waals surface area contributed by atoms with Gasteiger partial charge in [-0.1, -0.05) is 0 Å². The van der Waals surface area contributed by atoms with E-state index >= 15 is 0 Å². The van der Waals surface area contributed by atoms with E-state index in [1.165, 1.54) is 18.2 Å². The summed E-state index contributed by atoms with van der Waals surface area (Å²) in [7, 11) is 0. The van der Waals surface area contributed by atoms with Gasteiger partial charge in [-0.15, -0.1) is 0 Å². The number of carbonyl (C=O) groups is 1. The number of alkyl halides is 5. The number of aromatic amines is 1. The Morgan fingerprint density at radius 3 is 2.49 bits per heavy atom. The molecule has 4 heterocycles. The molecule has 1 amide bonds. The van der Waals surface area contributed by atoms with E-state index in [0.29, 0.717) is 62.5 Å². The average molecular weight is 584 g/mol. The van der Waals surface area contributed by atoms with Crippen LogP contribution in [0, 0.1) is 0 Å². The Balaban J connectivity index is 1.20. The number of benzene rings is 1. The molecule has 0 spiro atoms. The predicted molar refractivity (Wildman–Crippen MR) is 136 cm³/mol. The van der Waals surface area contributed by atoms with Gasteiger partial charge in [0, 0.05) is 57.0 Å². The number of halogens is 5. The van der Waals surface area contributed by atoms with E-state index in [9.17, 15) is 31.5 Å². The molecule has 0 saturated carbocycles. The largest absolute Gasteiger partial charge is 0.488 e. The summed E-state index contributed by atoms with van der Waals surface area (Å²) >= 11 is 0. The zero-order valence-corrected chi connectivity index (χ0v) is 21.6. The lowest BCUT2D eigenvalue weighted by Gasteiger charge is -2.37. The normalized spacial score (nSPS) is 18.3. The molecule has 2 aromatic heterocycles. The van der Waals surface area contributed by atoms with Crippen LogP contribution in [0.1, 0.15) is 12.0 Å². The van der Waals surface area contributed by atoms with Crippen LogP contribution in [0.25, 0.3) is 10.8 Å². The minimum atomic E-state index is -4.52. The number of aromatic nitrogens is 4. The van der Waals surface area contributed by atoms with Crippen LogP contribution in [0.3, 0.4) is 0 Å². The summed E-state index contributed by atoms with van der Waals surface area (Å²) in [5.74, 6) is 0.604. The summed E-state index contributed by atoms with van der Waals surface area (Å²) in [5, 5.41) is 7.37. The van der Waals surface area contributed by atoms with Gasteiger partial charge in [0.25, 0.3) is 12.0 Å². The summed E-state index contributed by atoms with van der Waals surface area (Å²) in [4.78, 5) is 38.2. The number of fused-ring (bicyclic) bond motifs is 1. The second-order valence-corrected chi connectivity index (χ2v) is 9.57. The molecule has 1 N–H and O–H groups in total. The van der Waals surface area contributed by atoms with E-state index in [0.717, 1.165) is 12.4 Å². The lowest BCUT2D eigenvalue weighted by atomic mass is 10.1. The van der Waals surface area contributed by atoms with E-state index < -0.39 is 36.4 Å². The van der Waals surface area contributed by atoms with Crippen LogP contribution in [0.2, 0.25) is 0 Å². The Morgan fingerprint density at radius 2 is 1.80 bits per heavy atom. The second-order valence-electron chi connectivity index (χ2n) is 9.57. The number of H-pyrrole nitrogens is 1. The zero-order chi connectivity index (χ0) is 29.1. The fourth-order valence-corrected chi connectivity index (χ4v) is 4.77. The fourth-order valence-electron chi connectivity index (χ4n) is 4.77. The van der Waals surface area contributed by atoms with E-state index in [-0.39, 0.29) is 24.0 Å². The molecule has 2 aliphatic rings. The molecule has 2 saturated heterocycles. The smallest absolute Gasteiger partial charge is 0.419 e. The van der Waals surface area contributed by atoms with Crippen molar-refractivity contribution in [2.75, 3.05) is 62.3 Å². The van der Waals surface area contributed by atoms with Crippen molar-refractivity contribution in [3.8, 4) is 5.75 Å². The van der Waals surface area contributed by atoms with E-state index in [2.05, 4.69) is 20.2 Å². The van der Waals surface area contributed by atoms with Gasteiger partial charge in [-0.3, -0.25) is 9.59 Å². The quantitative estimate of drug-likeness (QED) is 0.419. The van der Waals surface area contributed by atoms with Gasteiger partial charge in [-0.25, -0.2) is 23.8 Å². The number of hydrogen-bond donors (Lipinski definition) is 1. The Bertz CT molecular complexity index is 1430. The first-order valence-corrected chi connectivity index (χ1v) is 12.8. The maximum atomic E-state index is 13.0. The van der Waals surface area contributed by atoms with Crippen molar-refractivity contribution >= 4 is 28.4 Å². The maximum Gasteiger partial charge on any atom is 0.419 e. The number of anilines is 2. The number of rotatable bonds is 7. The molecule has 1 atom stereocenters. The van der Waals surface area contributed by atoms with Crippen molar-refractivity contribution in [2.24, 2.45) is 0 Å². The average Bonchev–Trinajstić information content (AvgIpc) is 2.96. The van der Waals surface area contributed by atoms with Gasteiger partial charge < -0.3 is 24.2 Å². The van der Waals surface area contributed by atoms with Gasteiger partial charge in [0.2, 0.25) is 11.9 Å². The molecule has 0 bridgehead atoms. The van der Waals surface area contributed by atoms with Crippen molar-refractivity contribution < 1.29 is 36.2 Å². The number of nitrogens with zero attached hydrogens (tertiary/aromatic N) is 6. The lowest BCUT2D eigenvalue weighted by Crippen LogP contribution is -2.51. The maximum absolute atomic E-state index is 13.0. The fraction of sp³-hybridized carbons (Fsp3) is 0.480. The Hall–Kier alpha value is -4.08. The predicted octanol–water partition coefficient (Wildman–Crippen LogP) is 2.32. The van der Waals surface area contributed by atoms with Crippen molar-refractivity contribution in [2.45, 2.75) is 25.1 Å². The first kappa shape index (κ1) is 28.4. The van der Waals surface area contributed by atoms with Gasteiger partial charge in [0.05, 0.1) is 30.1 Å². The summed E-state index contributed by atoms with van der Waals surface area (Å²) in [6, 6.07) is 4.41.